The summed E-state index contributed by atoms with van der Waals surface area (Å²) in [6.07, 6.45) is 7.59. The lowest BCUT2D eigenvalue weighted by molar-refractivity contribution is -0.190. The van der Waals surface area contributed by atoms with Crippen molar-refractivity contribution in [3.05, 3.63) is 29.1 Å². The minimum absolute atomic E-state index is 0.0523. The summed E-state index contributed by atoms with van der Waals surface area (Å²) >= 11 is 0. The van der Waals surface area contributed by atoms with E-state index in [4.69, 9.17) is 14.8 Å². The van der Waals surface area contributed by atoms with E-state index >= 15 is 4.39 Å². The molecule has 166 valence electrons. The van der Waals surface area contributed by atoms with Crippen molar-refractivity contribution in [2.45, 2.75) is 83.4 Å². The number of carbonyl (C=O) groups excluding carboxylic acids is 1. The third kappa shape index (κ3) is 4.48. The van der Waals surface area contributed by atoms with Gasteiger partial charge < -0.3 is 9.64 Å². The quantitative estimate of drug-likeness (QED) is 0.593. The second-order valence-electron chi connectivity index (χ2n) is 9.21. The fourth-order valence-electron chi connectivity index (χ4n) is 5.07. The SMILES string of the molecule is CCC1CCC(COc2cc(F)c(C(=O)N3C(C)CCC3ONO)cc2C2CC2)C1. The van der Waals surface area contributed by atoms with Gasteiger partial charge >= 0.3 is 0 Å². The molecule has 1 saturated heterocycles. The van der Waals surface area contributed by atoms with Gasteiger partial charge in [0.1, 0.15) is 11.6 Å². The number of ether oxygens (including phenoxy) is 1. The van der Waals surface area contributed by atoms with Crippen molar-refractivity contribution in [3.8, 4) is 5.75 Å². The summed E-state index contributed by atoms with van der Waals surface area (Å²) in [5.41, 5.74) is 2.66. The summed E-state index contributed by atoms with van der Waals surface area (Å²) < 4.78 is 21.1. The Hall–Kier alpha value is -1.70. The van der Waals surface area contributed by atoms with Gasteiger partial charge in [0.25, 0.3) is 5.91 Å². The molecule has 0 spiro atoms. The number of carbonyl (C=O) groups is 1. The molecular formula is C23H33FN2O4. The molecule has 1 amide bonds. The van der Waals surface area contributed by atoms with Crippen molar-refractivity contribution in [1.82, 2.24) is 10.5 Å². The zero-order valence-corrected chi connectivity index (χ0v) is 17.9. The molecule has 2 aliphatic carbocycles. The van der Waals surface area contributed by atoms with E-state index in [2.05, 4.69) is 6.92 Å². The first-order chi connectivity index (χ1) is 14.5. The van der Waals surface area contributed by atoms with E-state index in [1.807, 2.05) is 6.92 Å². The van der Waals surface area contributed by atoms with Gasteiger partial charge in [-0.1, -0.05) is 25.4 Å². The molecule has 1 aromatic carbocycles. The van der Waals surface area contributed by atoms with Crippen LogP contribution in [0.3, 0.4) is 0 Å². The normalized spacial score (nSPS) is 28.9. The van der Waals surface area contributed by atoms with Crippen LogP contribution < -0.4 is 10.4 Å². The second-order valence-corrected chi connectivity index (χ2v) is 9.21. The average Bonchev–Trinajstić information content (AvgIpc) is 3.36. The van der Waals surface area contributed by atoms with Gasteiger partial charge in [0.05, 0.1) is 12.2 Å². The highest BCUT2D eigenvalue weighted by Crippen LogP contribution is 2.46. The van der Waals surface area contributed by atoms with Gasteiger partial charge in [-0.3, -0.25) is 14.8 Å². The van der Waals surface area contributed by atoms with E-state index in [0.717, 1.165) is 30.7 Å². The number of hydrogen-bond acceptors (Lipinski definition) is 5. The lowest BCUT2D eigenvalue weighted by Gasteiger charge is -2.28. The topological polar surface area (TPSA) is 71.0 Å². The Labute approximate surface area is 177 Å². The lowest BCUT2D eigenvalue weighted by atomic mass is 10.0. The van der Waals surface area contributed by atoms with Crippen LogP contribution in [0.2, 0.25) is 0 Å². The number of benzene rings is 1. The van der Waals surface area contributed by atoms with E-state index in [1.165, 1.54) is 36.6 Å². The highest BCUT2D eigenvalue weighted by molar-refractivity contribution is 5.95. The van der Waals surface area contributed by atoms with Crippen molar-refractivity contribution in [3.63, 3.8) is 0 Å². The smallest absolute Gasteiger partial charge is 0.259 e. The number of likely N-dealkylation sites (tertiary alicyclic amines) is 1. The third-order valence-electron chi connectivity index (χ3n) is 7.09. The molecule has 30 heavy (non-hydrogen) atoms. The van der Waals surface area contributed by atoms with Crippen LogP contribution in [0.4, 0.5) is 4.39 Å². The third-order valence-corrected chi connectivity index (χ3v) is 7.09. The zero-order chi connectivity index (χ0) is 21.3. The first kappa shape index (κ1) is 21.5. The predicted molar refractivity (Wildman–Crippen MR) is 110 cm³/mol. The summed E-state index contributed by atoms with van der Waals surface area (Å²) in [7, 11) is 0. The molecule has 6 nitrogen and oxygen atoms in total. The van der Waals surface area contributed by atoms with Gasteiger partial charge in [0.2, 0.25) is 0 Å². The van der Waals surface area contributed by atoms with Crippen molar-refractivity contribution >= 4 is 5.91 Å². The van der Waals surface area contributed by atoms with Gasteiger partial charge in [-0.05, 0) is 74.8 Å². The Morgan fingerprint density at radius 3 is 2.63 bits per heavy atom. The monoisotopic (exact) mass is 420 g/mol. The van der Waals surface area contributed by atoms with Gasteiger partial charge in [-0.2, -0.15) is 0 Å². The molecule has 0 bridgehead atoms. The van der Waals surface area contributed by atoms with Crippen molar-refractivity contribution in [1.29, 1.82) is 0 Å². The highest BCUT2D eigenvalue weighted by atomic mass is 19.1. The van der Waals surface area contributed by atoms with Crippen LogP contribution in [0.15, 0.2) is 12.1 Å². The van der Waals surface area contributed by atoms with Crippen LogP contribution in [-0.4, -0.2) is 34.9 Å². The predicted octanol–water partition coefficient (Wildman–Crippen LogP) is 4.77. The maximum atomic E-state index is 15.0. The first-order valence-electron chi connectivity index (χ1n) is 11.3. The molecule has 3 aliphatic rings. The summed E-state index contributed by atoms with van der Waals surface area (Å²) in [6, 6.07) is 2.99. The summed E-state index contributed by atoms with van der Waals surface area (Å²) in [5.74, 6) is 1.26. The van der Waals surface area contributed by atoms with E-state index in [0.29, 0.717) is 30.6 Å². The van der Waals surface area contributed by atoms with Crippen LogP contribution in [0, 0.1) is 17.7 Å². The molecule has 7 heteroatoms. The summed E-state index contributed by atoms with van der Waals surface area (Å²) in [6.45, 7) is 4.75. The van der Waals surface area contributed by atoms with Crippen molar-refractivity contribution in [2.24, 2.45) is 11.8 Å². The minimum Gasteiger partial charge on any atom is -0.493 e. The zero-order valence-electron chi connectivity index (χ0n) is 17.9. The van der Waals surface area contributed by atoms with E-state index in [1.54, 1.807) is 11.7 Å². The Bertz CT molecular complexity index is 768. The lowest BCUT2D eigenvalue weighted by Crippen LogP contribution is -2.43. The van der Waals surface area contributed by atoms with Gasteiger partial charge in [0, 0.05) is 12.1 Å². The largest absolute Gasteiger partial charge is 0.493 e. The molecule has 4 atom stereocenters. The van der Waals surface area contributed by atoms with E-state index in [9.17, 15) is 4.79 Å². The Morgan fingerprint density at radius 1 is 1.20 bits per heavy atom. The molecule has 1 aliphatic heterocycles. The number of hydrogen-bond donors (Lipinski definition) is 2. The Kier molecular flexibility index (Phi) is 6.60. The van der Waals surface area contributed by atoms with Crippen LogP contribution in [0.5, 0.6) is 5.75 Å². The molecule has 4 rings (SSSR count). The molecule has 2 N–H and O–H groups in total. The molecule has 0 radical (unpaired) electrons. The van der Waals surface area contributed by atoms with Crippen molar-refractivity contribution < 1.29 is 24.0 Å². The fraction of sp³-hybridized carbons (Fsp3) is 0.696. The summed E-state index contributed by atoms with van der Waals surface area (Å²) in [4.78, 5) is 19.7. The average molecular weight is 421 g/mol. The number of halogens is 1. The Balaban J connectivity index is 1.52. The molecule has 2 saturated carbocycles. The molecule has 3 fully saturated rings. The Morgan fingerprint density at radius 2 is 1.97 bits per heavy atom. The number of amides is 1. The molecule has 1 heterocycles. The molecule has 0 aromatic heterocycles. The molecule has 1 aromatic rings. The summed E-state index contributed by atoms with van der Waals surface area (Å²) in [5, 5.41) is 8.88. The number of nitrogens with zero attached hydrogens (tertiary/aromatic N) is 1. The van der Waals surface area contributed by atoms with Crippen LogP contribution >= 0.6 is 0 Å². The number of rotatable bonds is 8. The van der Waals surface area contributed by atoms with Crippen LogP contribution in [-0.2, 0) is 4.84 Å². The standard InChI is InChI=1S/C23H33FN2O4/c1-3-15-5-6-16(10-15)13-29-21-12-20(24)19(11-18(21)17-7-8-17)23(27)26-14(2)4-9-22(26)30-25-28/h11-12,14-17,22,25,28H,3-10,13H2,1-2H3. The van der Waals surface area contributed by atoms with Crippen molar-refractivity contribution in [2.75, 3.05) is 6.61 Å². The van der Waals surface area contributed by atoms with E-state index in [-0.39, 0.29) is 11.6 Å². The number of nitrogens with one attached hydrogen (secondary N) is 1. The van der Waals surface area contributed by atoms with Crippen LogP contribution in [0.25, 0.3) is 0 Å². The first-order valence-corrected chi connectivity index (χ1v) is 11.3. The maximum Gasteiger partial charge on any atom is 0.259 e. The van der Waals surface area contributed by atoms with Gasteiger partial charge in [0.15, 0.2) is 6.23 Å². The van der Waals surface area contributed by atoms with E-state index < -0.39 is 18.0 Å². The van der Waals surface area contributed by atoms with Crippen LogP contribution in [0.1, 0.15) is 87.1 Å². The highest BCUT2D eigenvalue weighted by Gasteiger charge is 2.38. The fourth-order valence-corrected chi connectivity index (χ4v) is 5.07. The molecule has 4 unspecified atom stereocenters. The minimum atomic E-state index is -0.619. The molecular weight excluding hydrogens is 387 g/mol. The van der Waals surface area contributed by atoms with Gasteiger partial charge in [-0.15, -0.1) is 0 Å². The van der Waals surface area contributed by atoms with Gasteiger partial charge in [-0.25, -0.2) is 4.39 Å². The maximum absolute atomic E-state index is 15.0. The second kappa shape index (κ2) is 9.20.